The van der Waals surface area contributed by atoms with Gasteiger partial charge in [0.05, 0.1) is 6.61 Å². The Bertz CT molecular complexity index is 413. The Kier molecular flexibility index (Phi) is 6.25. The van der Waals surface area contributed by atoms with Gasteiger partial charge in [-0.25, -0.2) is 0 Å². The first kappa shape index (κ1) is 15.2. The summed E-state index contributed by atoms with van der Waals surface area (Å²) >= 11 is 2.00. The summed E-state index contributed by atoms with van der Waals surface area (Å²) in [6.07, 6.45) is 5.43. The predicted octanol–water partition coefficient (Wildman–Crippen LogP) is 3.49. The maximum atomic E-state index is 11.9. The highest BCUT2D eigenvalue weighted by Gasteiger charge is 2.14. The summed E-state index contributed by atoms with van der Waals surface area (Å²) in [4.78, 5) is 11.9. The van der Waals surface area contributed by atoms with E-state index in [4.69, 9.17) is 4.74 Å². The van der Waals surface area contributed by atoms with Crippen LogP contribution < -0.4 is 10.1 Å². The zero-order valence-corrected chi connectivity index (χ0v) is 12.9. The van der Waals surface area contributed by atoms with Crippen molar-refractivity contribution in [1.29, 1.82) is 0 Å². The average Bonchev–Trinajstić information content (AvgIpc) is 2.98. The average molecular weight is 293 g/mol. The van der Waals surface area contributed by atoms with Gasteiger partial charge < -0.3 is 10.1 Å². The molecule has 0 aliphatic heterocycles. The van der Waals surface area contributed by atoms with E-state index >= 15 is 0 Å². The van der Waals surface area contributed by atoms with E-state index in [0.717, 1.165) is 23.3 Å². The van der Waals surface area contributed by atoms with Crippen molar-refractivity contribution in [2.45, 2.75) is 37.9 Å². The van der Waals surface area contributed by atoms with Crippen molar-refractivity contribution in [3.8, 4) is 5.75 Å². The van der Waals surface area contributed by atoms with Gasteiger partial charge in [0.15, 0.2) is 0 Å². The fourth-order valence-electron chi connectivity index (χ4n) is 2.42. The van der Waals surface area contributed by atoms with Crippen molar-refractivity contribution >= 4 is 17.7 Å². The van der Waals surface area contributed by atoms with E-state index in [1.54, 1.807) is 0 Å². The van der Waals surface area contributed by atoms with E-state index in [1.165, 1.54) is 25.7 Å². The standard InChI is InChI=1S/C16H23NO2S/c1-2-19-14-9-7-13(8-10-14)16(18)17-11-12-20-15-5-3-4-6-15/h7-10,15H,2-6,11-12H2,1H3,(H,17,18). The van der Waals surface area contributed by atoms with E-state index < -0.39 is 0 Å². The number of carbonyl (C=O) groups excluding carboxylic acids is 1. The van der Waals surface area contributed by atoms with Gasteiger partial charge in [-0.05, 0) is 44.0 Å². The minimum absolute atomic E-state index is 0.0000652. The Morgan fingerprint density at radius 3 is 2.65 bits per heavy atom. The third-order valence-electron chi connectivity index (χ3n) is 3.47. The van der Waals surface area contributed by atoms with Crippen molar-refractivity contribution in [1.82, 2.24) is 5.32 Å². The number of amides is 1. The van der Waals surface area contributed by atoms with E-state index in [2.05, 4.69) is 5.32 Å². The van der Waals surface area contributed by atoms with Crippen LogP contribution in [0.3, 0.4) is 0 Å². The third-order valence-corrected chi connectivity index (χ3v) is 4.85. The fraction of sp³-hybridized carbons (Fsp3) is 0.562. The quantitative estimate of drug-likeness (QED) is 0.782. The number of hydrogen-bond donors (Lipinski definition) is 1. The van der Waals surface area contributed by atoms with E-state index in [1.807, 2.05) is 43.0 Å². The molecule has 0 spiro atoms. The predicted molar refractivity (Wildman–Crippen MR) is 84.7 cm³/mol. The first-order chi connectivity index (χ1) is 9.79. The molecule has 0 atom stereocenters. The van der Waals surface area contributed by atoms with Crippen LogP contribution in [0.1, 0.15) is 43.0 Å². The van der Waals surface area contributed by atoms with Gasteiger partial charge >= 0.3 is 0 Å². The molecule has 1 aromatic rings. The second-order valence-electron chi connectivity index (χ2n) is 4.99. The van der Waals surface area contributed by atoms with Crippen molar-refractivity contribution < 1.29 is 9.53 Å². The van der Waals surface area contributed by atoms with Crippen LogP contribution in [0.4, 0.5) is 0 Å². The van der Waals surface area contributed by atoms with Crippen LogP contribution in [-0.4, -0.2) is 30.1 Å². The number of ether oxygens (including phenoxy) is 1. The lowest BCUT2D eigenvalue weighted by molar-refractivity contribution is 0.0956. The summed E-state index contributed by atoms with van der Waals surface area (Å²) in [5, 5.41) is 3.79. The van der Waals surface area contributed by atoms with Crippen LogP contribution in [0.2, 0.25) is 0 Å². The molecule has 1 N–H and O–H groups in total. The SMILES string of the molecule is CCOc1ccc(C(=O)NCCSC2CCCC2)cc1. The summed E-state index contributed by atoms with van der Waals surface area (Å²) in [6, 6.07) is 7.30. The summed E-state index contributed by atoms with van der Waals surface area (Å²) in [5.74, 6) is 1.81. The second kappa shape index (κ2) is 8.20. The lowest BCUT2D eigenvalue weighted by atomic mass is 10.2. The minimum Gasteiger partial charge on any atom is -0.494 e. The molecule has 0 unspecified atom stereocenters. The number of thioether (sulfide) groups is 1. The molecule has 1 aliphatic rings. The lowest BCUT2D eigenvalue weighted by Gasteiger charge is -2.09. The molecular formula is C16H23NO2S. The summed E-state index contributed by atoms with van der Waals surface area (Å²) < 4.78 is 5.36. The highest BCUT2D eigenvalue weighted by Crippen LogP contribution is 2.28. The van der Waals surface area contributed by atoms with Gasteiger partial charge in [0.1, 0.15) is 5.75 Å². The molecular weight excluding hydrogens is 270 g/mol. The second-order valence-corrected chi connectivity index (χ2v) is 6.40. The largest absolute Gasteiger partial charge is 0.494 e. The van der Waals surface area contributed by atoms with Gasteiger partial charge in [-0.15, -0.1) is 0 Å². The van der Waals surface area contributed by atoms with Crippen LogP contribution in [0.5, 0.6) is 5.75 Å². The Balaban J connectivity index is 1.68. The molecule has 1 amide bonds. The van der Waals surface area contributed by atoms with Crippen LogP contribution >= 0.6 is 11.8 Å². The Labute approximate surface area is 125 Å². The molecule has 110 valence electrons. The number of hydrogen-bond acceptors (Lipinski definition) is 3. The number of nitrogens with one attached hydrogen (secondary N) is 1. The van der Waals surface area contributed by atoms with E-state index in [-0.39, 0.29) is 5.91 Å². The zero-order valence-electron chi connectivity index (χ0n) is 12.1. The summed E-state index contributed by atoms with van der Waals surface area (Å²) in [6.45, 7) is 3.33. The van der Waals surface area contributed by atoms with E-state index in [0.29, 0.717) is 12.2 Å². The Morgan fingerprint density at radius 2 is 2.00 bits per heavy atom. The van der Waals surface area contributed by atoms with Crippen molar-refractivity contribution in [2.75, 3.05) is 18.9 Å². The van der Waals surface area contributed by atoms with Gasteiger partial charge in [0.2, 0.25) is 0 Å². The molecule has 1 aliphatic carbocycles. The van der Waals surface area contributed by atoms with Crippen LogP contribution in [-0.2, 0) is 0 Å². The molecule has 1 saturated carbocycles. The number of rotatable bonds is 7. The first-order valence-corrected chi connectivity index (χ1v) is 8.47. The lowest BCUT2D eigenvalue weighted by Crippen LogP contribution is -2.26. The number of benzene rings is 1. The number of carbonyl (C=O) groups is 1. The van der Waals surface area contributed by atoms with Crippen molar-refractivity contribution in [3.63, 3.8) is 0 Å². The molecule has 4 heteroatoms. The van der Waals surface area contributed by atoms with Crippen molar-refractivity contribution in [2.24, 2.45) is 0 Å². The molecule has 20 heavy (non-hydrogen) atoms. The highest BCUT2D eigenvalue weighted by atomic mass is 32.2. The molecule has 1 fully saturated rings. The highest BCUT2D eigenvalue weighted by molar-refractivity contribution is 7.99. The zero-order chi connectivity index (χ0) is 14.2. The van der Waals surface area contributed by atoms with Crippen LogP contribution in [0, 0.1) is 0 Å². The summed E-state index contributed by atoms with van der Waals surface area (Å²) in [5.41, 5.74) is 0.694. The normalized spacial score (nSPS) is 15.2. The van der Waals surface area contributed by atoms with E-state index in [9.17, 15) is 4.79 Å². The minimum atomic E-state index is 0.0000652. The van der Waals surface area contributed by atoms with Gasteiger partial charge in [-0.2, -0.15) is 11.8 Å². The molecule has 2 rings (SSSR count). The van der Waals surface area contributed by atoms with Gasteiger partial charge in [0.25, 0.3) is 5.91 Å². The summed E-state index contributed by atoms with van der Waals surface area (Å²) in [7, 11) is 0. The topological polar surface area (TPSA) is 38.3 Å². The van der Waals surface area contributed by atoms with Crippen molar-refractivity contribution in [3.05, 3.63) is 29.8 Å². The Morgan fingerprint density at radius 1 is 1.30 bits per heavy atom. The molecule has 1 aromatic carbocycles. The molecule has 0 bridgehead atoms. The molecule has 0 radical (unpaired) electrons. The molecule has 3 nitrogen and oxygen atoms in total. The molecule has 0 heterocycles. The van der Waals surface area contributed by atoms with Gasteiger partial charge in [-0.3, -0.25) is 4.79 Å². The molecule has 0 saturated heterocycles. The van der Waals surface area contributed by atoms with Crippen LogP contribution in [0.15, 0.2) is 24.3 Å². The molecule has 0 aromatic heterocycles. The fourth-order valence-corrected chi connectivity index (χ4v) is 3.64. The first-order valence-electron chi connectivity index (χ1n) is 7.42. The third kappa shape index (κ3) is 4.75. The smallest absolute Gasteiger partial charge is 0.251 e. The van der Waals surface area contributed by atoms with Crippen LogP contribution in [0.25, 0.3) is 0 Å². The van der Waals surface area contributed by atoms with Gasteiger partial charge in [-0.1, -0.05) is 12.8 Å². The maximum Gasteiger partial charge on any atom is 0.251 e. The van der Waals surface area contributed by atoms with Gasteiger partial charge in [0, 0.05) is 23.1 Å². The maximum absolute atomic E-state index is 11.9. The Hall–Kier alpha value is -1.16. The monoisotopic (exact) mass is 293 g/mol.